The van der Waals surface area contributed by atoms with E-state index in [4.69, 9.17) is 60.3 Å². The Morgan fingerprint density at radius 2 is 0.201 bits per heavy atom. The lowest BCUT2D eigenvalue weighted by Crippen LogP contribution is -3.00. The highest BCUT2D eigenvalue weighted by Crippen LogP contribution is 2.03. The summed E-state index contributed by atoms with van der Waals surface area (Å²) in [6.45, 7) is 75.3. The zero-order valence-electron chi connectivity index (χ0n) is 89.5. The van der Waals surface area contributed by atoms with Crippen molar-refractivity contribution in [3.8, 4) is 0 Å². The molecule has 0 spiro atoms. The molecule has 0 unspecified atom stereocenters. The van der Waals surface area contributed by atoms with Crippen molar-refractivity contribution in [1.82, 2.24) is 63.7 Å². The Bertz CT molecular complexity index is 2520. The van der Waals surface area contributed by atoms with Gasteiger partial charge in [0.25, 0.3) is 0 Å². The first-order chi connectivity index (χ1) is 63.2. The van der Waals surface area contributed by atoms with Crippen molar-refractivity contribution >= 4 is 112 Å². The van der Waals surface area contributed by atoms with E-state index in [9.17, 15) is 0 Å². The first kappa shape index (κ1) is 135. The molecule has 13 aliphatic heterocycles. The van der Waals surface area contributed by atoms with Gasteiger partial charge in [-0.05, 0) is 90.0 Å². The van der Waals surface area contributed by atoms with Crippen molar-refractivity contribution in [2.24, 2.45) is 0 Å². The van der Waals surface area contributed by atoms with E-state index in [2.05, 4.69) is 387 Å². The zero-order valence-corrected chi connectivity index (χ0v) is 89.5. The Hall–Kier alpha value is -7.18. The second-order valence-corrected chi connectivity index (χ2v) is 34.7. The molecule has 13 aliphatic rings. The first-order valence-electron chi connectivity index (χ1n) is 49.9. The van der Waals surface area contributed by atoms with E-state index in [1.807, 2.05) is 0 Å². The van der Waals surface area contributed by atoms with E-state index in [0.29, 0.717) is 0 Å². The molecule has 0 aromatic heterocycles. The van der Waals surface area contributed by atoms with Crippen LogP contribution in [0.3, 0.4) is 0 Å². The Morgan fingerprint density at radius 1 is 0.149 bits per heavy atom. The smallest absolute Gasteiger partial charge is 0.233 e. The fourth-order valence-electron chi connectivity index (χ4n) is 15.0. The van der Waals surface area contributed by atoms with Gasteiger partial charge in [-0.3, -0.25) is 152 Å². The minimum atomic E-state index is -2.92. The highest BCUT2D eigenvalue weighted by atomic mass is 19.0. The standard InChI is InChI=1S/13C7H15N2.4BO3.FH/c13*1-3-9-6-4-5-8(2)7-9;4*2-1(3)4;/h13*7H,3-6H2,1-2H3;;;;;1H/q13*+1;4*-3;/p-1. The van der Waals surface area contributed by atoms with Gasteiger partial charge in [-0.2, -0.15) is 0 Å². The average Bonchev–Trinajstić information content (AvgIpc) is 1.04. The summed E-state index contributed by atoms with van der Waals surface area (Å²) in [6.07, 6.45) is 45.6. The molecule has 0 aromatic rings. The fourth-order valence-corrected chi connectivity index (χ4v) is 15.0. The lowest BCUT2D eigenvalue weighted by atomic mass is 10.3. The van der Waals surface area contributed by atoms with Gasteiger partial charge in [-0.25, -0.2) is 0 Å². The molecule has 13 rings (SSSR count). The van der Waals surface area contributed by atoms with Crippen LogP contribution in [0.5, 0.6) is 0 Å². The number of halogens is 1. The maximum atomic E-state index is 8.42. The van der Waals surface area contributed by atoms with Gasteiger partial charge >= 0.3 is 0 Å². The molecule has 0 bridgehead atoms. The summed E-state index contributed by atoms with van der Waals surface area (Å²) in [5.41, 5.74) is 0. The molecule has 0 aromatic carbocycles. The topological polar surface area (TPSA) is 358 Å². The first-order valence-corrected chi connectivity index (χ1v) is 49.9. The quantitative estimate of drug-likeness (QED) is 0.122. The van der Waals surface area contributed by atoms with E-state index >= 15 is 0 Å². The van der Waals surface area contributed by atoms with Crippen molar-refractivity contribution in [2.45, 2.75) is 173 Å². The van der Waals surface area contributed by atoms with Crippen LogP contribution < -0.4 is 65.0 Å². The second-order valence-electron chi connectivity index (χ2n) is 34.7. The van der Waals surface area contributed by atoms with Crippen molar-refractivity contribution < 1.29 is 124 Å². The Labute approximate surface area is 816 Å². The van der Waals surface area contributed by atoms with Gasteiger partial charge < -0.3 is 65.0 Å². The largest absolute Gasteiger partial charge is 1.00 e. The maximum absolute atomic E-state index is 8.42. The molecule has 134 heavy (non-hydrogen) atoms. The van der Waals surface area contributed by atoms with Crippen LogP contribution in [0.15, 0.2) is 0 Å². The summed E-state index contributed by atoms with van der Waals surface area (Å²) in [5, 5.41) is 101. The summed E-state index contributed by atoms with van der Waals surface area (Å²) >= 11 is 0. The number of rotatable bonds is 13. The van der Waals surface area contributed by atoms with Crippen LogP contribution in [-0.4, -0.2) is 582 Å². The van der Waals surface area contributed by atoms with Gasteiger partial charge in [-0.1, -0.05) is 0 Å². The monoisotopic (exact) mass is 1910 g/mol. The van der Waals surface area contributed by atoms with Crippen LogP contribution >= 0.6 is 0 Å². The van der Waals surface area contributed by atoms with Gasteiger partial charge in [0, 0.05) is 83.5 Å². The second kappa shape index (κ2) is 89.7. The molecule has 780 valence electrons. The molecule has 0 saturated heterocycles. The SMILES string of the molecule is CCN1C=[N+](C)CCC1.CCN1C=[N+](C)CCC1.CCN1C=[N+](C)CCC1.CCN1C=[N+](C)CCC1.CCN1C=[N+](C)CCC1.CCN1C=[N+](C)CCC1.CCN1C=[N+](C)CCC1.CCN1C=[N+](C)CCC1.CCN1C=[N+](C)CCC1.CCN1C=[N+](C)CCC1.CCN1C=[N+](C)CCC1.CCN1C=[N+](C)CCC1.CCN1C=[N+](C)CCC1.[F-].[O-]B([O-])[O-].[O-]B([O-])[O-].[O-]B([O-])[O-].[O-]B([O-])[O-]. The van der Waals surface area contributed by atoms with E-state index in [-0.39, 0.29) is 4.70 Å². The van der Waals surface area contributed by atoms with E-state index in [1.54, 1.807) is 0 Å². The van der Waals surface area contributed by atoms with E-state index in [1.165, 1.54) is 254 Å². The molecule has 43 heteroatoms. The summed E-state index contributed by atoms with van der Waals surface area (Å²) in [6, 6.07) is 0. The van der Waals surface area contributed by atoms with E-state index in [0.717, 1.165) is 85.1 Å². The maximum Gasteiger partial charge on any atom is 0.233 e. The highest BCUT2D eigenvalue weighted by molar-refractivity contribution is 6.24. The van der Waals surface area contributed by atoms with Crippen LogP contribution in [0.2, 0.25) is 0 Å². The van der Waals surface area contributed by atoms with Crippen molar-refractivity contribution in [2.75, 3.05) is 347 Å². The molecular formula is C91H195B4FN26O12. The third-order valence-electron chi connectivity index (χ3n) is 22.4. The van der Waals surface area contributed by atoms with Crippen molar-refractivity contribution in [3.63, 3.8) is 0 Å². The molecule has 13 heterocycles. The van der Waals surface area contributed by atoms with Crippen LogP contribution in [-0.2, 0) is 0 Å². The minimum Gasteiger partial charge on any atom is -1.00 e. The van der Waals surface area contributed by atoms with Crippen LogP contribution in [0.4, 0.5) is 0 Å². The predicted octanol–water partition coefficient (Wildman–Crippen LogP) is -13.8. The van der Waals surface area contributed by atoms with E-state index < -0.39 is 29.3 Å². The molecule has 0 aliphatic carbocycles. The Kier molecular flexibility index (Phi) is 90.6. The lowest BCUT2D eigenvalue weighted by Gasteiger charge is -2.35. The summed E-state index contributed by atoms with van der Waals surface area (Å²) < 4.78 is 29.2. The third kappa shape index (κ3) is 86.4. The number of hydrogen-bond donors (Lipinski definition) is 0. The molecule has 0 saturated carbocycles. The molecule has 0 radical (unpaired) electrons. The Balaban J connectivity index is -0.000000442. The van der Waals surface area contributed by atoms with Crippen molar-refractivity contribution in [1.29, 1.82) is 0 Å². The lowest BCUT2D eigenvalue weighted by molar-refractivity contribution is -0.503. The van der Waals surface area contributed by atoms with Gasteiger partial charge in [0.1, 0.15) is 0 Å². The molecule has 0 fully saturated rings. The number of nitrogens with zero attached hydrogens (tertiary/aromatic N) is 26. The normalized spacial score (nSPS) is 18.1. The van der Waals surface area contributed by atoms with Gasteiger partial charge in [-0.15, -0.1) is 0 Å². The van der Waals surface area contributed by atoms with Crippen molar-refractivity contribution in [3.05, 3.63) is 0 Å². The molecule has 0 amide bonds. The predicted molar refractivity (Wildman–Crippen MR) is 530 cm³/mol. The Morgan fingerprint density at radius 3 is 0.231 bits per heavy atom. The number of hydrogen-bond acceptors (Lipinski definition) is 25. The molecule has 38 nitrogen and oxygen atoms in total. The van der Waals surface area contributed by atoms with Crippen LogP contribution in [0.25, 0.3) is 0 Å². The van der Waals surface area contributed by atoms with Crippen LogP contribution in [0, 0.1) is 0 Å². The molecular weight excluding hydrogens is 1710 g/mol. The zero-order chi connectivity index (χ0) is 101. The summed E-state index contributed by atoms with van der Waals surface area (Å²) in [4.78, 5) is 30.4. The average molecular weight is 1910 g/mol. The molecule has 0 N–H and O–H groups in total. The molecule has 0 atom stereocenters. The summed E-state index contributed by atoms with van der Waals surface area (Å²) in [7, 11) is 16.0. The van der Waals surface area contributed by atoms with Gasteiger partial charge in [0.05, 0.1) is 347 Å². The highest BCUT2D eigenvalue weighted by Gasteiger charge is 2.20. The third-order valence-corrected chi connectivity index (χ3v) is 22.4. The van der Waals surface area contributed by atoms with Crippen LogP contribution in [0.1, 0.15) is 173 Å². The van der Waals surface area contributed by atoms with Gasteiger partial charge in [0.2, 0.25) is 82.4 Å². The minimum absolute atomic E-state index is 0. The van der Waals surface area contributed by atoms with Gasteiger partial charge in [0.15, 0.2) is 0 Å². The fraction of sp³-hybridized carbons (Fsp3) is 0.857. The summed E-state index contributed by atoms with van der Waals surface area (Å²) in [5.74, 6) is 0.